The highest BCUT2D eigenvalue weighted by molar-refractivity contribution is 5.91. The molecule has 31 heavy (non-hydrogen) atoms. The molecular formula is C24H23N3O4. The first-order chi connectivity index (χ1) is 15.0. The summed E-state index contributed by atoms with van der Waals surface area (Å²) < 4.78 is 10.7. The molecule has 1 amide bonds. The van der Waals surface area contributed by atoms with Gasteiger partial charge in [0.25, 0.3) is 5.91 Å². The lowest BCUT2D eigenvalue weighted by atomic mass is 10.2. The largest absolute Gasteiger partial charge is 0.493 e. The Balaban J connectivity index is 1.55. The third kappa shape index (κ3) is 6.43. The van der Waals surface area contributed by atoms with E-state index in [2.05, 4.69) is 15.8 Å². The number of benzene rings is 3. The molecule has 0 saturated heterocycles. The fourth-order valence-electron chi connectivity index (χ4n) is 2.65. The Hall–Kier alpha value is -4.13. The summed E-state index contributed by atoms with van der Waals surface area (Å²) in [5.74, 6) is -0.0914. The van der Waals surface area contributed by atoms with Gasteiger partial charge in [-0.3, -0.25) is 4.79 Å². The molecule has 0 heterocycles. The molecule has 0 aliphatic heterocycles. The first kappa shape index (κ1) is 21.6. The van der Waals surface area contributed by atoms with E-state index < -0.39 is 5.97 Å². The van der Waals surface area contributed by atoms with Gasteiger partial charge >= 0.3 is 5.97 Å². The summed E-state index contributed by atoms with van der Waals surface area (Å²) in [6.07, 6.45) is 1.48. The Morgan fingerprint density at radius 2 is 1.71 bits per heavy atom. The van der Waals surface area contributed by atoms with E-state index in [1.54, 1.807) is 42.5 Å². The number of ether oxygens (including phenoxy) is 2. The zero-order valence-electron chi connectivity index (χ0n) is 17.3. The van der Waals surface area contributed by atoms with Crippen LogP contribution in [0.3, 0.4) is 0 Å². The number of hydrogen-bond acceptors (Lipinski definition) is 6. The smallest absolute Gasteiger partial charge is 0.343 e. The molecule has 2 N–H and O–H groups in total. The molecule has 0 spiro atoms. The second kappa shape index (κ2) is 10.6. The summed E-state index contributed by atoms with van der Waals surface area (Å²) in [7, 11) is 1.48. The van der Waals surface area contributed by atoms with Crippen molar-refractivity contribution in [1.29, 1.82) is 0 Å². The van der Waals surface area contributed by atoms with Gasteiger partial charge in [-0.05, 0) is 55.0 Å². The summed E-state index contributed by atoms with van der Waals surface area (Å²) in [4.78, 5) is 24.2. The van der Waals surface area contributed by atoms with Crippen LogP contribution >= 0.6 is 0 Å². The summed E-state index contributed by atoms with van der Waals surface area (Å²) in [5.41, 5.74) is 5.58. The lowest BCUT2D eigenvalue weighted by molar-refractivity contribution is -0.119. The van der Waals surface area contributed by atoms with Crippen LogP contribution in [0, 0.1) is 6.92 Å². The molecule has 0 saturated carbocycles. The van der Waals surface area contributed by atoms with Crippen LogP contribution in [-0.4, -0.2) is 31.7 Å². The van der Waals surface area contributed by atoms with E-state index in [0.29, 0.717) is 22.6 Å². The predicted molar refractivity (Wildman–Crippen MR) is 120 cm³/mol. The van der Waals surface area contributed by atoms with Gasteiger partial charge in [0.1, 0.15) is 0 Å². The quantitative estimate of drug-likeness (QED) is 0.252. The normalized spacial score (nSPS) is 10.5. The SMILES string of the molecule is COc1cc(/C=N/NC(=O)CNc2ccc(C)cc2)ccc1OC(=O)c1ccccc1. The van der Waals surface area contributed by atoms with Crippen LogP contribution in [0.4, 0.5) is 5.69 Å². The van der Waals surface area contributed by atoms with Crippen molar-refractivity contribution in [1.82, 2.24) is 5.43 Å². The van der Waals surface area contributed by atoms with Crippen molar-refractivity contribution in [2.75, 3.05) is 19.0 Å². The van der Waals surface area contributed by atoms with Crippen molar-refractivity contribution in [2.24, 2.45) is 5.10 Å². The zero-order chi connectivity index (χ0) is 22.1. The minimum Gasteiger partial charge on any atom is -0.493 e. The predicted octanol–water partition coefficient (Wildman–Crippen LogP) is 3.79. The molecule has 0 atom stereocenters. The van der Waals surface area contributed by atoms with Gasteiger partial charge < -0.3 is 14.8 Å². The number of rotatable bonds is 8. The monoisotopic (exact) mass is 417 g/mol. The van der Waals surface area contributed by atoms with E-state index in [-0.39, 0.29) is 12.5 Å². The van der Waals surface area contributed by atoms with Crippen molar-refractivity contribution < 1.29 is 19.1 Å². The number of hydrogen-bond donors (Lipinski definition) is 2. The minimum atomic E-state index is -0.478. The van der Waals surface area contributed by atoms with Gasteiger partial charge in [0.05, 0.1) is 25.4 Å². The van der Waals surface area contributed by atoms with E-state index in [4.69, 9.17) is 9.47 Å². The third-order valence-corrected chi connectivity index (χ3v) is 4.31. The number of amides is 1. The number of carbonyl (C=O) groups is 2. The average Bonchev–Trinajstić information content (AvgIpc) is 2.80. The number of nitrogens with one attached hydrogen (secondary N) is 2. The Kier molecular flexibility index (Phi) is 7.37. The maximum Gasteiger partial charge on any atom is 0.343 e. The van der Waals surface area contributed by atoms with Gasteiger partial charge in [0.2, 0.25) is 0 Å². The number of nitrogens with zero attached hydrogens (tertiary/aromatic N) is 1. The van der Waals surface area contributed by atoms with Crippen LogP contribution in [0.25, 0.3) is 0 Å². The topological polar surface area (TPSA) is 89.0 Å². The van der Waals surface area contributed by atoms with Crippen molar-refractivity contribution >= 4 is 23.8 Å². The lowest BCUT2D eigenvalue weighted by Crippen LogP contribution is -2.25. The fourth-order valence-corrected chi connectivity index (χ4v) is 2.65. The Bertz CT molecular complexity index is 1060. The Morgan fingerprint density at radius 1 is 0.968 bits per heavy atom. The number of esters is 1. The van der Waals surface area contributed by atoms with Crippen LogP contribution in [0.1, 0.15) is 21.5 Å². The van der Waals surface area contributed by atoms with E-state index in [0.717, 1.165) is 11.3 Å². The summed E-state index contributed by atoms with van der Waals surface area (Å²) >= 11 is 0. The maximum atomic E-state index is 12.2. The molecule has 0 fully saturated rings. The zero-order valence-corrected chi connectivity index (χ0v) is 17.3. The molecule has 158 valence electrons. The number of carbonyl (C=O) groups excluding carboxylic acids is 2. The summed E-state index contributed by atoms with van der Waals surface area (Å²) in [5, 5.41) is 6.98. The highest BCUT2D eigenvalue weighted by Gasteiger charge is 2.12. The molecule has 0 unspecified atom stereocenters. The van der Waals surface area contributed by atoms with Crippen LogP contribution in [0.15, 0.2) is 77.9 Å². The van der Waals surface area contributed by atoms with E-state index in [1.807, 2.05) is 37.3 Å². The summed E-state index contributed by atoms with van der Waals surface area (Å²) in [6.45, 7) is 2.10. The van der Waals surface area contributed by atoms with Gasteiger partial charge in [0, 0.05) is 5.69 Å². The Morgan fingerprint density at radius 3 is 2.42 bits per heavy atom. The molecule has 0 aliphatic carbocycles. The van der Waals surface area contributed by atoms with Gasteiger partial charge in [-0.2, -0.15) is 5.10 Å². The number of anilines is 1. The van der Waals surface area contributed by atoms with Crippen molar-refractivity contribution in [3.8, 4) is 11.5 Å². The molecule has 0 aromatic heterocycles. The number of hydrazone groups is 1. The van der Waals surface area contributed by atoms with E-state index in [9.17, 15) is 9.59 Å². The molecule has 7 heteroatoms. The van der Waals surface area contributed by atoms with E-state index >= 15 is 0 Å². The molecular weight excluding hydrogens is 394 g/mol. The van der Waals surface area contributed by atoms with Crippen molar-refractivity contribution in [3.63, 3.8) is 0 Å². The molecule has 3 rings (SSSR count). The number of methoxy groups -OCH3 is 1. The highest BCUT2D eigenvalue weighted by atomic mass is 16.6. The van der Waals surface area contributed by atoms with Gasteiger partial charge in [-0.1, -0.05) is 35.9 Å². The fraction of sp³-hybridized carbons (Fsp3) is 0.125. The maximum absolute atomic E-state index is 12.2. The molecule has 7 nitrogen and oxygen atoms in total. The third-order valence-electron chi connectivity index (χ3n) is 4.31. The Labute approximate surface area is 180 Å². The standard InChI is InChI=1S/C24H23N3O4/c1-17-8-11-20(12-9-17)25-16-23(28)27-26-15-18-10-13-21(22(14-18)30-2)31-24(29)19-6-4-3-5-7-19/h3-15,25H,16H2,1-2H3,(H,27,28)/b26-15+. The first-order valence-electron chi connectivity index (χ1n) is 9.63. The van der Waals surface area contributed by atoms with Gasteiger partial charge in [-0.25, -0.2) is 10.2 Å². The molecule has 3 aromatic carbocycles. The molecule has 0 radical (unpaired) electrons. The number of aryl methyl sites for hydroxylation is 1. The van der Waals surface area contributed by atoms with Crippen molar-refractivity contribution in [2.45, 2.75) is 6.92 Å². The van der Waals surface area contributed by atoms with Gasteiger partial charge in [0.15, 0.2) is 11.5 Å². The summed E-state index contributed by atoms with van der Waals surface area (Å²) in [6, 6.07) is 21.4. The van der Waals surface area contributed by atoms with Crippen LogP contribution in [-0.2, 0) is 4.79 Å². The first-order valence-corrected chi connectivity index (χ1v) is 9.63. The molecule has 0 bridgehead atoms. The van der Waals surface area contributed by atoms with Crippen LogP contribution < -0.4 is 20.2 Å². The van der Waals surface area contributed by atoms with Crippen molar-refractivity contribution in [3.05, 3.63) is 89.5 Å². The van der Waals surface area contributed by atoms with Gasteiger partial charge in [-0.15, -0.1) is 0 Å². The van der Waals surface area contributed by atoms with Crippen LogP contribution in [0.5, 0.6) is 11.5 Å². The molecule has 3 aromatic rings. The van der Waals surface area contributed by atoms with Crippen LogP contribution in [0.2, 0.25) is 0 Å². The minimum absolute atomic E-state index is 0.0953. The lowest BCUT2D eigenvalue weighted by Gasteiger charge is -2.10. The molecule has 0 aliphatic rings. The van der Waals surface area contributed by atoms with E-state index in [1.165, 1.54) is 13.3 Å². The second-order valence-corrected chi connectivity index (χ2v) is 6.68. The highest BCUT2D eigenvalue weighted by Crippen LogP contribution is 2.28. The second-order valence-electron chi connectivity index (χ2n) is 6.68. The average molecular weight is 417 g/mol.